The summed E-state index contributed by atoms with van der Waals surface area (Å²) in [6.45, 7) is 7.29. The van der Waals surface area contributed by atoms with Gasteiger partial charge in [0.1, 0.15) is 0 Å². The summed E-state index contributed by atoms with van der Waals surface area (Å²) in [5.74, 6) is -0.277. The molecular formula is C18H36N4O4S. The summed E-state index contributed by atoms with van der Waals surface area (Å²) in [5, 5.41) is 2.99. The summed E-state index contributed by atoms with van der Waals surface area (Å²) in [7, 11) is -1.39. The lowest BCUT2D eigenvalue weighted by Gasteiger charge is -2.36. The van der Waals surface area contributed by atoms with Crippen molar-refractivity contribution in [3.63, 3.8) is 0 Å². The van der Waals surface area contributed by atoms with E-state index in [2.05, 4.69) is 24.2 Å². The maximum atomic E-state index is 12.8. The lowest BCUT2D eigenvalue weighted by molar-refractivity contribution is -0.126. The summed E-state index contributed by atoms with van der Waals surface area (Å²) in [6.07, 6.45) is 4.76. The van der Waals surface area contributed by atoms with Gasteiger partial charge < -0.3 is 15.0 Å². The van der Waals surface area contributed by atoms with Crippen LogP contribution in [-0.2, 0) is 19.7 Å². The maximum absolute atomic E-state index is 12.8. The molecule has 2 heterocycles. The standard InChI is InChI=1S/C18H36N4O4S/c1-3-4-9-20(2)10-6-8-19-18(23)17-7-5-11-22(16-17)27(24,25)21-12-14-26-15-13-21/h17H,3-16H2,1-2H3,(H,19,23). The Balaban J connectivity index is 1.75. The Bertz CT molecular complexity index is 552. The second kappa shape index (κ2) is 11.3. The van der Waals surface area contributed by atoms with Gasteiger partial charge in [0, 0.05) is 32.7 Å². The van der Waals surface area contributed by atoms with Gasteiger partial charge in [0.2, 0.25) is 5.91 Å². The van der Waals surface area contributed by atoms with E-state index >= 15 is 0 Å². The molecule has 1 amide bonds. The van der Waals surface area contributed by atoms with Crippen LogP contribution in [0.4, 0.5) is 0 Å². The van der Waals surface area contributed by atoms with Gasteiger partial charge in [0.15, 0.2) is 0 Å². The fourth-order valence-corrected chi connectivity index (χ4v) is 5.22. The minimum Gasteiger partial charge on any atom is -0.379 e. The highest BCUT2D eigenvalue weighted by molar-refractivity contribution is 7.86. The van der Waals surface area contributed by atoms with E-state index in [9.17, 15) is 13.2 Å². The largest absolute Gasteiger partial charge is 0.379 e. The summed E-state index contributed by atoms with van der Waals surface area (Å²) >= 11 is 0. The number of amides is 1. The van der Waals surface area contributed by atoms with E-state index in [4.69, 9.17) is 4.74 Å². The molecule has 0 radical (unpaired) electrons. The molecule has 0 aliphatic carbocycles. The van der Waals surface area contributed by atoms with Crippen molar-refractivity contribution in [3.05, 3.63) is 0 Å². The van der Waals surface area contributed by atoms with E-state index in [1.807, 2.05) is 0 Å². The lowest BCUT2D eigenvalue weighted by atomic mass is 9.99. The highest BCUT2D eigenvalue weighted by atomic mass is 32.2. The van der Waals surface area contributed by atoms with E-state index in [1.165, 1.54) is 21.5 Å². The fourth-order valence-electron chi connectivity index (χ4n) is 3.55. The fraction of sp³-hybridized carbons (Fsp3) is 0.944. The number of piperidine rings is 1. The first-order valence-corrected chi connectivity index (χ1v) is 11.6. The van der Waals surface area contributed by atoms with Crippen LogP contribution in [-0.4, -0.2) is 93.9 Å². The Kier molecular flexibility index (Phi) is 9.44. The van der Waals surface area contributed by atoms with E-state index < -0.39 is 10.2 Å². The van der Waals surface area contributed by atoms with Gasteiger partial charge in [-0.15, -0.1) is 0 Å². The summed E-state index contributed by atoms with van der Waals surface area (Å²) < 4.78 is 33.8. The number of nitrogens with one attached hydrogen (secondary N) is 1. The molecule has 2 fully saturated rings. The minimum absolute atomic E-state index is 0.0203. The average Bonchev–Trinajstić information content (AvgIpc) is 2.70. The molecule has 27 heavy (non-hydrogen) atoms. The zero-order valence-electron chi connectivity index (χ0n) is 16.9. The molecule has 0 saturated carbocycles. The monoisotopic (exact) mass is 404 g/mol. The zero-order chi connectivity index (χ0) is 19.7. The molecule has 9 heteroatoms. The highest BCUT2D eigenvalue weighted by Crippen LogP contribution is 2.22. The predicted molar refractivity (Wildman–Crippen MR) is 106 cm³/mol. The van der Waals surface area contributed by atoms with Crippen LogP contribution in [0.3, 0.4) is 0 Å². The number of carbonyl (C=O) groups excluding carboxylic acids is 1. The van der Waals surface area contributed by atoms with E-state index in [-0.39, 0.29) is 18.4 Å². The second-order valence-electron chi connectivity index (χ2n) is 7.52. The summed E-state index contributed by atoms with van der Waals surface area (Å²) in [6, 6.07) is 0. The molecular weight excluding hydrogens is 368 g/mol. The third-order valence-corrected chi connectivity index (χ3v) is 7.29. The van der Waals surface area contributed by atoms with E-state index in [0.717, 1.165) is 32.4 Å². The van der Waals surface area contributed by atoms with Crippen LogP contribution in [0.5, 0.6) is 0 Å². The number of nitrogens with zero attached hydrogens (tertiary/aromatic N) is 3. The normalized spacial score (nSPS) is 22.9. The molecule has 0 aromatic carbocycles. The van der Waals surface area contributed by atoms with E-state index in [1.54, 1.807) is 0 Å². The van der Waals surface area contributed by atoms with Gasteiger partial charge in [-0.1, -0.05) is 13.3 Å². The Morgan fingerprint density at radius 2 is 1.85 bits per heavy atom. The van der Waals surface area contributed by atoms with Crippen LogP contribution in [0.25, 0.3) is 0 Å². The molecule has 1 N–H and O–H groups in total. The number of ether oxygens (including phenoxy) is 1. The van der Waals surface area contributed by atoms with Crippen molar-refractivity contribution >= 4 is 16.1 Å². The van der Waals surface area contributed by atoms with Gasteiger partial charge in [-0.05, 0) is 45.8 Å². The first-order valence-electron chi connectivity index (χ1n) is 10.2. The maximum Gasteiger partial charge on any atom is 0.282 e. The molecule has 8 nitrogen and oxygen atoms in total. The van der Waals surface area contributed by atoms with Crippen LogP contribution in [0.1, 0.15) is 39.0 Å². The number of carbonyl (C=O) groups is 1. The van der Waals surface area contributed by atoms with Crippen molar-refractivity contribution in [2.45, 2.75) is 39.0 Å². The predicted octanol–water partition coefficient (Wildman–Crippen LogP) is 0.514. The molecule has 1 unspecified atom stereocenters. The number of rotatable bonds is 10. The first kappa shape index (κ1) is 22.5. The average molecular weight is 405 g/mol. The number of unbranched alkanes of at least 4 members (excludes halogenated alkanes) is 1. The number of hydrogen-bond donors (Lipinski definition) is 1. The van der Waals surface area contributed by atoms with Crippen LogP contribution >= 0.6 is 0 Å². The Labute approximate surface area is 164 Å². The Hall–Kier alpha value is -0.740. The van der Waals surface area contributed by atoms with E-state index in [0.29, 0.717) is 39.4 Å². The topological polar surface area (TPSA) is 82.2 Å². The molecule has 2 aliphatic rings. The molecule has 2 rings (SSSR count). The van der Waals surface area contributed by atoms with Gasteiger partial charge >= 0.3 is 0 Å². The zero-order valence-corrected chi connectivity index (χ0v) is 17.7. The minimum atomic E-state index is -3.50. The molecule has 0 aromatic heterocycles. The quantitative estimate of drug-likeness (QED) is 0.537. The van der Waals surface area contributed by atoms with Crippen molar-refractivity contribution in [2.24, 2.45) is 5.92 Å². The van der Waals surface area contributed by atoms with Crippen molar-refractivity contribution in [2.75, 3.05) is 66.1 Å². The van der Waals surface area contributed by atoms with Gasteiger partial charge in [0.05, 0.1) is 19.1 Å². The lowest BCUT2D eigenvalue weighted by Crippen LogP contribution is -2.53. The number of hydrogen-bond acceptors (Lipinski definition) is 5. The smallest absolute Gasteiger partial charge is 0.282 e. The molecule has 2 aliphatic heterocycles. The van der Waals surface area contributed by atoms with Gasteiger partial charge in [-0.3, -0.25) is 4.79 Å². The molecule has 158 valence electrons. The van der Waals surface area contributed by atoms with Crippen LogP contribution in [0.15, 0.2) is 0 Å². The van der Waals surface area contributed by atoms with Crippen LogP contribution in [0.2, 0.25) is 0 Å². The highest BCUT2D eigenvalue weighted by Gasteiger charge is 2.36. The molecule has 1 atom stereocenters. The SMILES string of the molecule is CCCCN(C)CCCNC(=O)C1CCCN(S(=O)(=O)N2CCOCC2)C1. The summed E-state index contributed by atoms with van der Waals surface area (Å²) in [5.41, 5.74) is 0. The number of morpholine rings is 1. The third-order valence-electron chi connectivity index (χ3n) is 5.29. The van der Waals surface area contributed by atoms with Gasteiger partial charge in [-0.2, -0.15) is 17.0 Å². The Morgan fingerprint density at radius 3 is 2.56 bits per heavy atom. The van der Waals surface area contributed by atoms with Crippen molar-refractivity contribution in [1.29, 1.82) is 0 Å². The van der Waals surface area contributed by atoms with Gasteiger partial charge in [-0.25, -0.2) is 0 Å². The Morgan fingerprint density at radius 1 is 1.15 bits per heavy atom. The van der Waals surface area contributed by atoms with Crippen LogP contribution in [0, 0.1) is 5.92 Å². The van der Waals surface area contributed by atoms with Crippen LogP contribution < -0.4 is 5.32 Å². The molecule has 0 spiro atoms. The van der Waals surface area contributed by atoms with Crippen molar-refractivity contribution in [3.8, 4) is 0 Å². The van der Waals surface area contributed by atoms with Crippen molar-refractivity contribution in [1.82, 2.24) is 18.8 Å². The summed E-state index contributed by atoms with van der Waals surface area (Å²) in [4.78, 5) is 14.8. The third kappa shape index (κ3) is 6.98. The molecule has 2 saturated heterocycles. The van der Waals surface area contributed by atoms with Gasteiger partial charge in [0.25, 0.3) is 10.2 Å². The molecule has 0 bridgehead atoms. The van der Waals surface area contributed by atoms with Crippen molar-refractivity contribution < 1.29 is 17.9 Å². The first-order chi connectivity index (χ1) is 12.9. The molecule has 0 aromatic rings. The second-order valence-corrected chi connectivity index (χ2v) is 9.45.